The second-order valence-electron chi connectivity index (χ2n) is 5.90. The molecule has 2 N–H and O–H groups in total. The minimum Gasteiger partial charge on any atom is -0.333 e. The standard InChI is InChI=1S/C16H22N6OS/c1-10-8-18-16(24-10)21-14-7-12(19-11(2)20-14)13-5-4-6-22(13)15(23)9-17-3/h7-8,13,17H,4-6,9H2,1-3H3,(H,18,19,20,21)/t13-/m1/s1. The van der Waals surface area contributed by atoms with Crippen molar-refractivity contribution in [2.75, 3.05) is 25.5 Å². The first-order chi connectivity index (χ1) is 11.6. The van der Waals surface area contributed by atoms with Crippen LogP contribution in [0.2, 0.25) is 0 Å². The number of amides is 1. The summed E-state index contributed by atoms with van der Waals surface area (Å²) in [6.07, 6.45) is 3.76. The van der Waals surface area contributed by atoms with Crippen LogP contribution < -0.4 is 10.6 Å². The maximum atomic E-state index is 12.3. The summed E-state index contributed by atoms with van der Waals surface area (Å²) >= 11 is 1.58. The molecular formula is C16H22N6OS. The zero-order valence-corrected chi connectivity index (χ0v) is 15.0. The number of carbonyl (C=O) groups excluding carboxylic acids is 1. The van der Waals surface area contributed by atoms with Crippen LogP contribution in [0, 0.1) is 13.8 Å². The predicted molar refractivity (Wildman–Crippen MR) is 94.5 cm³/mol. The highest BCUT2D eigenvalue weighted by molar-refractivity contribution is 7.15. The first-order valence-corrected chi connectivity index (χ1v) is 8.87. The lowest BCUT2D eigenvalue weighted by molar-refractivity contribution is -0.131. The van der Waals surface area contributed by atoms with Gasteiger partial charge in [-0.2, -0.15) is 0 Å². The summed E-state index contributed by atoms with van der Waals surface area (Å²) in [5, 5.41) is 6.98. The highest BCUT2D eigenvalue weighted by atomic mass is 32.1. The summed E-state index contributed by atoms with van der Waals surface area (Å²) in [5.74, 6) is 1.53. The zero-order chi connectivity index (χ0) is 17.1. The van der Waals surface area contributed by atoms with E-state index in [1.165, 1.54) is 0 Å². The van der Waals surface area contributed by atoms with Crippen LogP contribution in [-0.4, -0.2) is 45.9 Å². The monoisotopic (exact) mass is 346 g/mol. The Kier molecular flexibility index (Phi) is 5.06. The van der Waals surface area contributed by atoms with Crippen LogP contribution in [0.1, 0.15) is 35.3 Å². The molecule has 0 unspecified atom stereocenters. The van der Waals surface area contributed by atoms with Gasteiger partial charge in [-0.1, -0.05) is 0 Å². The number of nitrogens with zero attached hydrogens (tertiary/aromatic N) is 4. The van der Waals surface area contributed by atoms with Gasteiger partial charge in [-0.05, 0) is 33.7 Å². The van der Waals surface area contributed by atoms with E-state index >= 15 is 0 Å². The maximum Gasteiger partial charge on any atom is 0.237 e. The third-order valence-electron chi connectivity index (χ3n) is 3.96. The largest absolute Gasteiger partial charge is 0.333 e. The van der Waals surface area contributed by atoms with E-state index in [-0.39, 0.29) is 11.9 Å². The van der Waals surface area contributed by atoms with Crippen molar-refractivity contribution in [1.82, 2.24) is 25.2 Å². The van der Waals surface area contributed by atoms with Gasteiger partial charge < -0.3 is 15.5 Å². The fraction of sp³-hybridized carbons (Fsp3) is 0.500. The van der Waals surface area contributed by atoms with Gasteiger partial charge in [-0.25, -0.2) is 15.0 Å². The van der Waals surface area contributed by atoms with E-state index in [4.69, 9.17) is 0 Å². The molecule has 7 nitrogen and oxygen atoms in total. The Morgan fingerprint density at radius 2 is 2.25 bits per heavy atom. The molecular weight excluding hydrogens is 324 g/mol. The van der Waals surface area contributed by atoms with Gasteiger partial charge in [0.15, 0.2) is 5.13 Å². The van der Waals surface area contributed by atoms with Crippen molar-refractivity contribution in [3.63, 3.8) is 0 Å². The van der Waals surface area contributed by atoms with Gasteiger partial charge >= 0.3 is 0 Å². The average Bonchev–Trinajstić information content (AvgIpc) is 3.16. The third kappa shape index (κ3) is 3.70. The molecule has 1 amide bonds. The second kappa shape index (κ2) is 7.23. The molecule has 2 aromatic heterocycles. The molecule has 0 saturated carbocycles. The Labute approximate surface area is 145 Å². The molecule has 3 heterocycles. The van der Waals surface area contributed by atoms with E-state index in [1.54, 1.807) is 18.4 Å². The van der Waals surface area contributed by atoms with Crippen LogP contribution in [0.5, 0.6) is 0 Å². The van der Waals surface area contributed by atoms with Crippen molar-refractivity contribution in [2.24, 2.45) is 0 Å². The number of rotatable bonds is 5. The number of thiazole rings is 1. The van der Waals surface area contributed by atoms with Gasteiger partial charge in [0, 0.05) is 23.7 Å². The van der Waals surface area contributed by atoms with Crippen molar-refractivity contribution >= 4 is 28.2 Å². The minimum absolute atomic E-state index is 0.0196. The highest BCUT2D eigenvalue weighted by Crippen LogP contribution is 2.32. The molecule has 1 aliphatic rings. The molecule has 1 atom stereocenters. The number of hydrogen-bond acceptors (Lipinski definition) is 7. The van der Waals surface area contributed by atoms with Crippen molar-refractivity contribution in [1.29, 1.82) is 0 Å². The van der Waals surface area contributed by atoms with Gasteiger partial charge in [-0.3, -0.25) is 4.79 Å². The van der Waals surface area contributed by atoms with Gasteiger partial charge in [0.2, 0.25) is 5.91 Å². The van der Waals surface area contributed by atoms with E-state index < -0.39 is 0 Å². The van der Waals surface area contributed by atoms with Crippen LogP contribution in [0.3, 0.4) is 0 Å². The lowest BCUT2D eigenvalue weighted by Crippen LogP contribution is -2.37. The van der Waals surface area contributed by atoms with E-state index in [0.29, 0.717) is 12.4 Å². The van der Waals surface area contributed by atoms with Crippen LogP contribution in [-0.2, 0) is 4.79 Å². The Morgan fingerprint density at radius 1 is 1.42 bits per heavy atom. The summed E-state index contributed by atoms with van der Waals surface area (Å²) < 4.78 is 0. The van der Waals surface area contributed by atoms with E-state index in [9.17, 15) is 4.79 Å². The Bertz CT molecular complexity index is 731. The fourth-order valence-electron chi connectivity index (χ4n) is 2.97. The molecule has 0 radical (unpaired) electrons. The minimum atomic E-state index is 0.0196. The number of carbonyl (C=O) groups is 1. The van der Waals surface area contributed by atoms with E-state index in [0.717, 1.165) is 40.9 Å². The fourth-order valence-corrected chi connectivity index (χ4v) is 3.64. The van der Waals surface area contributed by atoms with Gasteiger partial charge in [0.25, 0.3) is 0 Å². The van der Waals surface area contributed by atoms with Gasteiger partial charge in [0.1, 0.15) is 11.6 Å². The van der Waals surface area contributed by atoms with Crippen LogP contribution in [0.15, 0.2) is 12.3 Å². The summed E-state index contributed by atoms with van der Waals surface area (Å²) in [4.78, 5) is 28.7. The Balaban J connectivity index is 1.83. The normalized spacial score (nSPS) is 17.3. The van der Waals surface area contributed by atoms with Crippen molar-refractivity contribution < 1.29 is 4.79 Å². The number of aryl methyl sites for hydroxylation is 2. The molecule has 0 bridgehead atoms. The number of likely N-dealkylation sites (N-methyl/N-ethyl adjacent to an activating group) is 1. The molecule has 24 heavy (non-hydrogen) atoms. The van der Waals surface area contributed by atoms with Crippen molar-refractivity contribution in [3.8, 4) is 0 Å². The highest BCUT2D eigenvalue weighted by Gasteiger charge is 2.31. The summed E-state index contributed by atoms with van der Waals surface area (Å²) in [6, 6.07) is 1.95. The Morgan fingerprint density at radius 3 is 2.96 bits per heavy atom. The van der Waals surface area contributed by atoms with Crippen LogP contribution >= 0.6 is 11.3 Å². The molecule has 8 heteroatoms. The van der Waals surface area contributed by atoms with Gasteiger partial charge in [-0.15, -0.1) is 11.3 Å². The first kappa shape index (κ1) is 16.8. The molecule has 1 aliphatic heterocycles. The van der Waals surface area contributed by atoms with Crippen molar-refractivity contribution in [3.05, 3.63) is 28.7 Å². The molecule has 2 aromatic rings. The lowest BCUT2D eigenvalue weighted by Gasteiger charge is -2.24. The number of hydrogen-bond donors (Lipinski definition) is 2. The number of aromatic nitrogens is 3. The SMILES string of the molecule is CNCC(=O)N1CCC[C@@H]1c1cc(Nc2ncc(C)s2)nc(C)n1. The average molecular weight is 346 g/mol. The number of anilines is 2. The number of likely N-dealkylation sites (tertiary alicyclic amines) is 1. The molecule has 128 valence electrons. The molecule has 3 rings (SSSR count). The molecule has 0 aliphatic carbocycles. The maximum absolute atomic E-state index is 12.3. The second-order valence-corrected chi connectivity index (χ2v) is 7.14. The molecule has 1 fully saturated rings. The molecule has 0 spiro atoms. The molecule has 0 aromatic carbocycles. The zero-order valence-electron chi connectivity index (χ0n) is 14.2. The lowest BCUT2D eigenvalue weighted by atomic mass is 10.1. The Hall–Kier alpha value is -2.06. The first-order valence-electron chi connectivity index (χ1n) is 8.06. The predicted octanol–water partition coefficient (Wildman–Crippen LogP) is 2.18. The summed E-state index contributed by atoms with van der Waals surface area (Å²) in [7, 11) is 1.79. The van der Waals surface area contributed by atoms with Crippen LogP contribution in [0.25, 0.3) is 0 Å². The molecule has 1 saturated heterocycles. The van der Waals surface area contributed by atoms with E-state index in [2.05, 4.69) is 25.6 Å². The number of nitrogens with one attached hydrogen (secondary N) is 2. The smallest absolute Gasteiger partial charge is 0.237 e. The quantitative estimate of drug-likeness (QED) is 0.863. The summed E-state index contributed by atoms with van der Waals surface area (Å²) in [5.41, 5.74) is 0.889. The van der Waals surface area contributed by atoms with Gasteiger partial charge in [0.05, 0.1) is 18.3 Å². The topological polar surface area (TPSA) is 83.0 Å². The van der Waals surface area contributed by atoms with E-state index in [1.807, 2.05) is 31.0 Å². The summed E-state index contributed by atoms with van der Waals surface area (Å²) in [6.45, 7) is 5.02. The third-order valence-corrected chi connectivity index (χ3v) is 4.78. The van der Waals surface area contributed by atoms with Crippen molar-refractivity contribution in [2.45, 2.75) is 32.7 Å². The van der Waals surface area contributed by atoms with Crippen LogP contribution in [0.4, 0.5) is 10.9 Å².